The SMILES string of the molecule is CCN(CC)c1ccc(/C=C(\Sc2nc3ccccc3[nH]2)C(=O)O)c(OC)c1. The van der Waals surface area contributed by atoms with Gasteiger partial charge in [0.25, 0.3) is 0 Å². The van der Waals surface area contributed by atoms with Crippen molar-refractivity contribution in [3.8, 4) is 5.75 Å². The zero-order chi connectivity index (χ0) is 20.1. The molecule has 0 aliphatic rings. The number of anilines is 1. The maximum absolute atomic E-state index is 11.8. The number of para-hydroxylation sites is 2. The van der Waals surface area contributed by atoms with Crippen LogP contribution in [0.15, 0.2) is 52.5 Å². The third-order valence-electron chi connectivity index (χ3n) is 4.42. The molecule has 3 aromatic rings. The number of carbonyl (C=O) groups is 1. The van der Waals surface area contributed by atoms with Gasteiger partial charge in [0.2, 0.25) is 0 Å². The van der Waals surface area contributed by atoms with Gasteiger partial charge in [0.15, 0.2) is 5.16 Å². The van der Waals surface area contributed by atoms with E-state index in [0.29, 0.717) is 16.5 Å². The number of nitrogens with zero attached hydrogens (tertiary/aromatic N) is 2. The summed E-state index contributed by atoms with van der Waals surface area (Å²) in [5, 5.41) is 10.2. The van der Waals surface area contributed by atoms with Crippen molar-refractivity contribution in [3.05, 3.63) is 52.9 Å². The number of ether oxygens (including phenoxy) is 1. The maximum atomic E-state index is 11.8. The van der Waals surface area contributed by atoms with Gasteiger partial charge in [-0.05, 0) is 56.0 Å². The summed E-state index contributed by atoms with van der Waals surface area (Å²) in [6, 6.07) is 13.4. The van der Waals surface area contributed by atoms with Crippen LogP contribution in [0.25, 0.3) is 17.1 Å². The molecule has 0 aliphatic heterocycles. The van der Waals surface area contributed by atoms with Crippen LogP contribution in [0.5, 0.6) is 5.75 Å². The van der Waals surface area contributed by atoms with Crippen LogP contribution in [0, 0.1) is 0 Å². The van der Waals surface area contributed by atoms with E-state index in [9.17, 15) is 9.90 Å². The van der Waals surface area contributed by atoms with Crippen molar-refractivity contribution in [1.29, 1.82) is 0 Å². The fourth-order valence-electron chi connectivity index (χ4n) is 2.96. The van der Waals surface area contributed by atoms with Gasteiger partial charge in [-0.1, -0.05) is 12.1 Å². The largest absolute Gasteiger partial charge is 0.496 e. The Kier molecular flexibility index (Phi) is 6.26. The van der Waals surface area contributed by atoms with Crippen molar-refractivity contribution in [2.75, 3.05) is 25.1 Å². The smallest absolute Gasteiger partial charge is 0.342 e. The monoisotopic (exact) mass is 397 g/mol. The topological polar surface area (TPSA) is 78.5 Å². The Morgan fingerprint density at radius 1 is 1.25 bits per heavy atom. The molecule has 0 spiro atoms. The molecule has 0 unspecified atom stereocenters. The van der Waals surface area contributed by atoms with E-state index in [1.54, 1.807) is 13.2 Å². The van der Waals surface area contributed by atoms with E-state index in [-0.39, 0.29) is 4.91 Å². The van der Waals surface area contributed by atoms with Crippen molar-refractivity contribution in [1.82, 2.24) is 9.97 Å². The Labute approximate surface area is 168 Å². The van der Waals surface area contributed by atoms with Crippen LogP contribution in [0.4, 0.5) is 5.69 Å². The number of aromatic nitrogens is 2. The highest BCUT2D eigenvalue weighted by Crippen LogP contribution is 2.32. The van der Waals surface area contributed by atoms with E-state index in [4.69, 9.17) is 4.74 Å². The molecular formula is C21H23N3O3S. The summed E-state index contributed by atoms with van der Waals surface area (Å²) < 4.78 is 5.51. The molecule has 146 valence electrons. The summed E-state index contributed by atoms with van der Waals surface area (Å²) in [6.07, 6.45) is 1.62. The number of hydrogen-bond donors (Lipinski definition) is 2. The first kappa shape index (κ1) is 19.8. The van der Waals surface area contributed by atoms with E-state index in [0.717, 1.165) is 41.6 Å². The number of carboxylic acids is 1. The van der Waals surface area contributed by atoms with Gasteiger partial charge in [-0.25, -0.2) is 9.78 Å². The maximum Gasteiger partial charge on any atom is 0.342 e. The van der Waals surface area contributed by atoms with Gasteiger partial charge in [-0.15, -0.1) is 0 Å². The van der Waals surface area contributed by atoms with Gasteiger partial charge in [0.1, 0.15) is 10.7 Å². The molecule has 3 rings (SSSR count). The molecule has 0 bridgehead atoms. The molecule has 6 nitrogen and oxygen atoms in total. The molecule has 1 heterocycles. The van der Waals surface area contributed by atoms with Crippen molar-refractivity contribution in [2.45, 2.75) is 19.0 Å². The normalized spacial score (nSPS) is 11.6. The van der Waals surface area contributed by atoms with Crippen LogP contribution in [-0.4, -0.2) is 41.2 Å². The van der Waals surface area contributed by atoms with Gasteiger partial charge in [0, 0.05) is 30.4 Å². The second-order valence-corrected chi connectivity index (χ2v) is 7.10. The molecule has 0 atom stereocenters. The Morgan fingerprint density at radius 3 is 2.64 bits per heavy atom. The first-order valence-corrected chi connectivity index (χ1v) is 9.88. The number of thioether (sulfide) groups is 1. The summed E-state index contributed by atoms with van der Waals surface area (Å²) in [5.74, 6) is -0.381. The highest BCUT2D eigenvalue weighted by atomic mass is 32.2. The number of fused-ring (bicyclic) bond motifs is 1. The summed E-state index contributed by atoms with van der Waals surface area (Å²) in [7, 11) is 1.59. The first-order chi connectivity index (χ1) is 13.5. The van der Waals surface area contributed by atoms with E-state index in [2.05, 4.69) is 28.7 Å². The number of hydrogen-bond acceptors (Lipinski definition) is 5. The second kappa shape index (κ2) is 8.84. The van der Waals surface area contributed by atoms with E-state index in [1.165, 1.54) is 0 Å². The van der Waals surface area contributed by atoms with Crippen LogP contribution in [-0.2, 0) is 4.79 Å². The average Bonchev–Trinajstić information content (AvgIpc) is 3.11. The third-order valence-corrected chi connectivity index (χ3v) is 5.32. The number of nitrogens with one attached hydrogen (secondary N) is 1. The number of aromatic amines is 1. The standard InChI is InChI=1S/C21H23N3O3S/c1-4-24(5-2)15-11-10-14(18(13-15)27-3)12-19(20(25)26)28-21-22-16-8-6-7-9-17(16)23-21/h6-13H,4-5H2,1-3H3,(H,22,23)(H,25,26)/b19-12-. The third kappa shape index (κ3) is 4.31. The van der Waals surface area contributed by atoms with Crippen molar-refractivity contribution >= 4 is 40.5 Å². The molecule has 2 N–H and O–H groups in total. The van der Waals surface area contributed by atoms with Crippen molar-refractivity contribution in [2.24, 2.45) is 0 Å². The molecule has 0 fully saturated rings. The predicted octanol–water partition coefficient (Wildman–Crippen LogP) is 4.64. The molecule has 0 aliphatic carbocycles. The molecule has 7 heteroatoms. The Balaban J connectivity index is 1.94. The molecule has 1 aromatic heterocycles. The quantitative estimate of drug-likeness (QED) is 0.426. The predicted molar refractivity (Wildman–Crippen MR) is 114 cm³/mol. The number of imidazole rings is 1. The van der Waals surface area contributed by atoms with Gasteiger partial charge < -0.3 is 19.7 Å². The number of benzene rings is 2. The fourth-order valence-corrected chi connectivity index (χ4v) is 3.75. The summed E-state index contributed by atoms with van der Waals surface area (Å²) in [6.45, 7) is 5.96. The van der Waals surface area contributed by atoms with E-state index < -0.39 is 5.97 Å². The highest BCUT2D eigenvalue weighted by Gasteiger charge is 2.15. The molecule has 0 saturated carbocycles. The Hall–Kier alpha value is -2.93. The number of rotatable bonds is 8. The van der Waals surface area contributed by atoms with Gasteiger partial charge in [-0.3, -0.25) is 0 Å². The Bertz CT molecular complexity index is 976. The van der Waals surface area contributed by atoms with Crippen LogP contribution in [0.1, 0.15) is 19.4 Å². The van der Waals surface area contributed by atoms with E-state index >= 15 is 0 Å². The first-order valence-electron chi connectivity index (χ1n) is 9.06. The van der Waals surface area contributed by atoms with E-state index in [1.807, 2.05) is 42.5 Å². The number of H-pyrrole nitrogens is 1. The molecular weight excluding hydrogens is 374 g/mol. The van der Waals surface area contributed by atoms with Gasteiger partial charge >= 0.3 is 5.97 Å². The minimum absolute atomic E-state index is 0.160. The lowest BCUT2D eigenvalue weighted by atomic mass is 10.1. The molecule has 2 aromatic carbocycles. The van der Waals surface area contributed by atoms with Crippen LogP contribution in [0.3, 0.4) is 0 Å². The lowest BCUT2D eigenvalue weighted by Gasteiger charge is -2.22. The van der Waals surface area contributed by atoms with Crippen LogP contribution >= 0.6 is 11.8 Å². The van der Waals surface area contributed by atoms with Crippen molar-refractivity contribution in [3.63, 3.8) is 0 Å². The van der Waals surface area contributed by atoms with Gasteiger partial charge in [-0.2, -0.15) is 0 Å². The minimum atomic E-state index is -1.01. The average molecular weight is 398 g/mol. The molecule has 0 radical (unpaired) electrons. The lowest BCUT2D eigenvalue weighted by Crippen LogP contribution is -2.21. The van der Waals surface area contributed by atoms with Gasteiger partial charge in [0.05, 0.1) is 18.1 Å². The van der Waals surface area contributed by atoms with Crippen molar-refractivity contribution < 1.29 is 14.6 Å². The zero-order valence-corrected chi connectivity index (χ0v) is 16.9. The number of methoxy groups -OCH3 is 1. The van der Waals surface area contributed by atoms with Crippen LogP contribution in [0.2, 0.25) is 0 Å². The zero-order valence-electron chi connectivity index (χ0n) is 16.1. The molecule has 0 amide bonds. The second-order valence-electron chi connectivity index (χ2n) is 6.07. The highest BCUT2D eigenvalue weighted by molar-refractivity contribution is 8.04. The summed E-state index contributed by atoms with van der Waals surface area (Å²) in [5.41, 5.74) is 3.42. The Morgan fingerprint density at radius 2 is 2.00 bits per heavy atom. The fraction of sp³-hybridized carbons (Fsp3) is 0.238. The molecule has 28 heavy (non-hydrogen) atoms. The number of aliphatic carboxylic acids is 1. The summed E-state index contributed by atoms with van der Waals surface area (Å²) in [4.78, 5) is 21.8. The number of carboxylic acid groups (broad SMARTS) is 1. The molecule has 0 saturated heterocycles. The lowest BCUT2D eigenvalue weighted by molar-refractivity contribution is -0.131. The van der Waals surface area contributed by atoms with Crippen LogP contribution < -0.4 is 9.64 Å². The minimum Gasteiger partial charge on any atom is -0.496 e. The summed E-state index contributed by atoms with van der Waals surface area (Å²) >= 11 is 1.09.